The molecule has 0 saturated heterocycles. The Bertz CT molecular complexity index is 1000. The quantitative estimate of drug-likeness (QED) is 0.285. The number of alkyl carbamates (subject to hydrolysis) is 2. The first-order valence-electron chi connectivity index (χ1n) is 14.1. The highest BCUT2D eigenvalue weighted by molar-refractivity contribution is 5.78. The second-order valence-corrected chi connectivity index (χ2v) is 12.1. The molecule has 220 valence electrons. The van der Waals surface area contributed by atoms with Crippen molar-refractivity contribution in [2.75, 3.05) is 6.54 Å². The minimum atomic E-state index is -0.675. The molecule has 2 aromatic rings. The zero-order valence-corrected chi connectivity index (χ0v) is 24.9. The van der Waals surface area contributed by atoms with E-state index in [1.165, 1.54) is 11.1 Å². The Labute approximate surface area is 239 Å². The monoisotopic (exact) mass is 553 g/mol. The highest BCUT2D eigenvalue weighted by atomic mass is 16.6. The van der Waals surface area contributed by atoms with E-state index in [0.717, 1.165) is 25.7 Å². The molecular formula is C32H47N3O5. The first-order valence-corrected chi connectivity index (χ1v) is 14.1. The fourth-order valence-corrected chi connectivity index (χ4v) is 4.13. The van der Waals surface area contributed by atoms with E-state index in [2.05, 4.69) is 40.2 Å². The van der Waals surface area contributed by atoms with Crippen molar-refractivity contribution in [1.82, 2.24) is 16.0 Å². The number of carbonyl (C=O) groups excluding carboxylic acids is 3. The summed E-state index contributed by atoms with van der Waals surface area (Å²) in [7, 11) is 0. The number of amides is 3. The summed E-state index contributed by atoms with van der Waals surface area (Å²) in [5, 5.41) is 8.70. The van der Waals surface area contributed by atoms with E-state index in [4.69, 9.17) is 9.47 Å². The van der Waals surface area contributed by atoms with Crippen molar-refractivity contribution in [2.45, 2.75) is 103 Å². The lowest BCUT2D eigenvalue weighted by Crippen LogP contribution is -2.45. The van der Waals surface area contributed by atoms with Crippen LogP contribution >= 0.6 is 0 Å². The van der Waals surface area contributed by atoms with Crippen LogP contribution in [-0.2, 0) is 27.1 Å². The number of ether oxygens (including phenoxy) is 2. The average molecular weight is 554 g/mol. The molecule has 0 aliphatic heterocycles. The fraction of sp³-hybridized carbons (Fsp3) is 0.531. The van der Waals surface area contributed by atoms with E-state index in [1.807, 2.05) is 36.4 Å². The Balaban J connectivity index is 2.02. The van der Waals surface area contributed by atoms with Crippen LogP contribution in [0.4, 0.5) is 9.59 Å². The molecule has 2 rings (SSSR count). The van der Waals surface area contributed by atoms with Gasteiger partial charge in [0, 0.05) is 25.0 Å². The second kappa shape index (κ2) is 15.9. The van der Waals surface area contributed by atoms with Gasteiger partial charge in [-0.1, -0.05) is 60.7 Å². The van der Waals surface area contributed by atoms with Crippen molar-refractivity contribution in [3.63, 3.8) is 0 Å². The lowest BCUT2D eigenvalue weighted by atomic mass is 9.98. The molecule has 0 aliphatic carbocycles. The van der Waals surface area contributed by atoms with Gasteiger partial charge >= 0.3 is 12.2 Å². The molecule has 0 heterocycles. The first kappa shape index (κ1) is 32.7. The molecule has 0 saturated carbocycles. The normalized spacial score (nSPS) is 12.4. The summed E-state index contributed by atoms with van der Waals surface area (Å²) in [5.74, 6) is -0.163. The molecule has 8 heteroatoms. The molecule has 0 aromatic heterocycles. The van der Waals surface area contributed by atoms with E-state index in [1.54, 1.807) is 41.5 Å². The third-order valence-electron chi connectivity index (χ3n) is 5.93. The molecular weight excluding hydrogens is 506 g/mol. The Morgan fingerprint density at radius 2 is 1.12 bits per heavy atom. The smallest absolute Gasteiger partial charge is 0.407 e. The molecule has 3 N–H and O–H groups in total. The van der Waals surface area contributed by atoms with Gasteiger partial charge in [-0.05, 0) is 84.8 Å². The number of rotatable bonds is 13. The Morgan fingerprint density at radius 3 is 1.60 bits per heavy atom. The Hall–Kier alpha value is -3.55. The van der Waals surface area contributed by atoms with E-state index in [9.17, 15) is 14.4 Å². The zero-order chi connectivity index (χ0) is 29.6. The fourth-order valence-electron chi connectivity index (χ4n) is 4.13. The van der Waals surface area contributed by atoms with E-state index in [0.29, 0.717) is 6.42 Å². The highest BCUT2D eigenvalue weighted by Crippen LogP contribution is 2.13. The first-order chi connectivity index (χ1) is 18.8. The van der Waals surface area contributed by atoms with Crippen molar-refractivity contribution >= 4 is 18.1 Å². The van der Waals surface area contributed by atoms with Crippen molar-refractivity contribution in [1.29, 1.82) is 0 Å². The van der Waals surface area contributed by atoms with Crippen LogP contribution < -0.4 is 16.0 Å². The van der Waals surface area contributed by atoms with Crippen molar-refractivity contribution in [3.8, 4) is 0 Å². The van der Waals surface area contributed by atoms with Gasteiger partial charge in [-0.2, -0.15) is 0 Å². The lowest BCUT2D eigenvalue weighted by molar-refractivity contribution is -0.122. The van der Waals surface area contributed by atoms with Gasteiger partial charge in [0.1, 0.15) is 11.2 Å². The van der Waals surface area contributed by atoms with Crippen LogP contribution in [0.3, 0.4) is 0 Å². The average Bonchev–Trinajstić information content (AvgIpc) is 2.84. The van der Waals surface area contributed by atoms with Crippen molar-refractivity contribution in [3.05, 3.63) is 71.8 Å². The maximum absolute atomic E-state index is 13.2. The Kier molecular flexibility index (Phi) is 13.0. The minimum absolute atomic E-state index is 0.0324. The predicted octanol–water partition coefficient (Wildman–Crippen LogP) is 5.94. The number of carbonyl (C=O) groups is 3. The van der Waals surface area contributed by atoms with E-state index in [-0.39, 0.29) is 24.9 Å². The second-order valence-electron chi connectivity index (χ2n) is 12.1. The third-order valence-corrected chi connectivity index (χ3v) is 5.93. The molecule has 0 aliphatic rings. The van der Waals surface area contributed by atoms with Crippen LogP contribution in [0.15, 0.2) is 60.7 Å². The number of aryl methyl sites for hydroxylation is 2. The SMILES string of the molecule is CC(C)(C)OC(=O)NCC[C@@H](CC(=O)NC(CCc1ccccc1)CCc1ccccc1)NC(=O)OC(C)(C)C. The van der Waals surface area contributed by atoms with Gasteiger partial charge in [-0.3, -0.25) is 4.79 Å². The van der Waals surface area contributed by atoms with Gasteiger partial charge in [0.05, 0.1) is 0 Å². The lowest BCUT2D eigenvalue weighted by Gasteiger charge is -2.25. The number of nitrogens with one attached hydrogen (secondary N) is 3. The molecule has 40 heavy (non-hydrogen) atoms. The molecule has 0 spiro atoms. The molecule has 2 aromatic carbocycles. The molecule has 0 unspecified atom stereocenters. The summed E-state index contributed by atoms with van der Waals surface area (Å²) in [6.45, 7) is 10.9. The molecule has 1 atom stereocenters. The Morgan fingerprint density at radius 1 is 0.650 bits per heavy atom. The van der Waals surface area contributed by atoms with Gasteiger partial charge in [0.15, 0.2) is 0 Å². The van der Waals surface area contributed by atoms with Crippen LogP contribution in [0.2, 0.25) is 0 Å². The van der Waals surface area contributed by atoms with Crippen LogP contribution in [0.25, 0.3) is 0 Å². The summed E-state index contributed by atoms with van der Waals surface area (Å²) in [6.07, 6.45) is 2.54. The van der Waals surface area contributed by atoms with Crippen LogP contribution in [-0.4, -0.2) is 47.9 Å². The summed E-state index contributed by atoms with van der Waals surface area (Å²) in [5.41, 5.74) is 1.15. The van der Waals surface area contributed by atoms with E-state index < -0.39 is 29.4 Å². The highest BCUT2D eigenvalue weighted by Gasteiger charge is 2.23. The van der Waals surface area contributed by atoms with Gasteiger partial charge in [0.2, 0.25) is 5.91 Å². The number of hydrogen-bond donors (Lipinski definition) is 3. The van der Waals surface area contributed by atoms with Crippen LogP contribution in [0.1, 0.15) is 78.4 Å². The number of hydrogen-bond acceptors (Lipinski definition) is 5. The summed E-state index contributed by atoms with van der Waals surface area (Å²) in [6, 6.07) is 19.9. The largest absolute Gasteiger partial charge is 0.444 e. The maximum atomic E-state index is 13.2. The molecule has 0 bridgehead atoms. The minimum Gasteiger partial charge on any atom is -0.444 e. The standard InChI is InChI=1S/C32H47N3O5/c1-31(2,3)39-29(37)33-22-21-27(35-30(38)40-32(4,5)6)23-28(36)34-26(19-17-24-13-9-7-10-14-24)20-18-25-15-11-8-12-16-25/h7-16,26-27H,17-23H2,1-6H3,(H,33,37)(H,34,36)(H,35,38)/t27-/m0/s1. The zero-order valence-electron chi connectivity index (χ0n) is 24.9. The molecule has 3 amide bonds. The molecule has 8 nitrogen and oxygen atoms in total. The summed E-state index contributed by atoms with van der Waals surface area (Å²) in [4.78, 5) is 37.8. The summed E-state index contributed by atoms with van der Waals surface area (Å²) < 4.78 is 10.7. The van der Waals surface area contributed by atoms with Crippen molar-refractivity contribution < 1.29 is 23.9 Å². The molecule has 0 fully saturated rings. The van der Waals surface area contributed by atoms with Gasteiger partial charge in [0.25, 0.3) is 0 Å². The van der Waals surface area contributed by atoms with Crippen molar-refractivity contribution in [2.24, 2.45) is 0 Å². The van der Waals surface area contributed by atoms with Gasteiger partial charge in [-0.25, -0.2) is 9.59 Å². The van der Waals surface area contributed by atoms with Crippen LogP contribution in [0, 0.1) is 0 Å². The van der Waals surface area contributed by atoms with E-state index >= 15 is 0 Å². The summed E-state index contributed by atoms with van der Waals surface area (Å²) >= 11 is 0. The topological polar surface area (TPSA) is 106 Å². The van der Waals surface area contributed by atoms with Gasteiger partial charge < -0.3 is 25.4 Å². The van der Waals surface area contributed by atoms with Crippen LogP contribution in [0.5, 0.6) is 0 Å². The predicted molar refractivity (Wildman–Crippen MR) is 158 cm³/mol. The van der Waals surface area contributed by atoms with Gasteiger partial charge in [-0.15, -0.1) is 0 Å². The third kappa shape index (κ3) is 15.1. The maximum Gasteiger partial charge on any atom is 0.407 e. The molecule has 0 radical (unpaired) electrons. The number of benzene rings is 2.